The maximum absolute atomic E-state index is 6.52. The second-order valence-corrected chi connectivity index (χ2v) is 14.0. The lowest BCUT2D eigenvalue weighted by molar-refractivity contribution is 0.622. The predicted octanol–water partition coefficient (Wildman–Crippen LogP) is 13.9. The Balaban J connectivity index is 1.12. The molecular weight excluding hydrogens is 679 g/mol. The van der Waals surface area contributed by atoms with Gasteiger partial charge < -0.3 is 22.7 Å². The summed E-state index contributed by atoms with van der Waals surface area (Å²) in [7, 11) is 0. The van der Waals surface area contributed by atoms with Crippen molar-refractivity contribution >= 4 is 93.8 Å². The fourth-order valence-electron chi connectivity index (χ4n) is 8.33. The van der Waals surface area contributed by atoms with E-state index >= 15 is 0 Å². The zero-order valence-corrected chi connectivity index (χ0v) is 29.3. The zero-order chi connectivity index (χ0) is 36.0. The Bertz CT molecular complexity index is 3440. The van der Waals surface area contributed by atoms with Gasteiger partial charge in [0.2, 0.25) is 5.89 Å². The Hall–Kier alpha value is -7.57. The number of para-hydroxylation sites is 3. The fourth-order valence-corrected chi connectivity index (χ4v) is 8.33. The lowest BCUT2D eigenvalue weighted by atomic mass is 10.1. The van der Waals surface area contributed by atoms with Crippen molar-refractivity contribution in [2.24, 2.45) is 0 Å². The van der Waals surface area contributed by atoms with Crippen LogP contribution >= 0.6 is 0 Å². The molecule has 4 aromatic heterocycles. The first kappa shape index (κ1) is 29.9. The molecule has 258 valence electrons. The number of nitrogens with zero attached hydrogens (tertiary/aromatic N) is 3. The average molecular weight is 708 g/mol. The minimum Gasteiger partial charge on any atom is -0.456 e. The van der Waals surface area contributed by atoms with Crippen molar-refractivity contribution in [3.8, 4) is 17.1 Å². The van der Waals surface area contributed by atoms with Gasteiger partial charge in [0.15, 0.2) is 5.58 Å². The van der Waals surface area contributed by atoms with Crippen LogP contribution in [0.1, 0.15) is 0 Å². The molecule has 0 atom stereocenters. The molecule has 4 heterocycles. The third-order valence-electron chi connectivity index (χ3n) is 10.8. The summed E-state index contributed by atoms with van der Waals surface area (Å²) in [5.41, 5.74) is 12.1. The van der Waals surface area contributed by atoms with Crippen molar-refractivity contribution < 1.29 is 13.3 Å². The second-order valence-electron chi connectivity index (χ2n) is 14.0. The molecule has 0 radical (unpaired) electrons. The van der Waals surface area contributed by atoms with Crippen LogP contribution < -0.4 is 4.90 Å². The molecule has 0 fully saturated rings. The zero-order valence-electron chi connectivity index (χ0n) is 29.3. The molecule has 0 aliphatic rings. The van der Waals surface area contributed by atoms with E-state index in [0.717, 1.165) is 88.7 Å². The van der Waals surface area contributed by atoms with Crippen LogP contribution in [0.3, 0.4) is 0 Å². The van der Waals surface area contributed by atoms with Crippen molar-refractivity contribution in [1.82, 2.24) is 9.55 Å². The molecule has 55 heavy (non-hydrogen) atoms. The van der Waals surface area contributed by atoms with E-state index in [9.17, 15) is 0 Å². The van der Waals surface area contributed by atoms with Crippen molar-refractivity contribution in [2.75, 3.05) is 4.90 Å². The number of oxazole rings is 1. The number of aromatic nitrogens is 2. The molecule has 0 amide bonds. The summed E-state index contributed by atoms with van der Waals surface area (Å²) in [6.07, 6.45) is 0. The Morgan fingerprint density at radius 3 is 1.85 bits per heavy atom. The molecule has 6 heteroatoms. The van der Waals surface area contributed by atoms with Gasteiger partial charge in [-0.05, 0) is 97.1 Å². The van der Waals surface area contributed by atoms with Crippen LogP contribution in [-0.4, -0.2) is 9.55 Å². The van der Waals surface area contributed by atoms with E-state index in [2.05, 4.69) is 131 Å². The van der Waals surface area contributed by atoms with E-state index in [1.165, 1.54) is 10.8 Å². The number of furan rings is 2. The van der Waals surface area contributed by atoms with Gasteiger partial charge in [-0.25, -0.2) is 4.98 Å². The van der Waals surface area contributed by atoms with E-state index in [1.54, 1.807) is 0 Å². The minimum absolute atomic E-state index is 0.581. The van der Waals surface area contributed by atoms with Crippen LogP contribution in [0.25, 0.3) is 93.9 Å². The second kappa shape index (κ2) is 11.5. The number of fused-ring (bicyclic) bond motifs is 11. The van der Waals surface area contributed by atoms with E-state index in [4.69, 9.17) is 18.2 Å². The minimum atomic E-state index is 0.581. The molecule has 0 bridgehead atoms. The third kappa shape index (κ3) is 4.52. The molecule has 0 N–H and O–H groups in total. The van der Waals surface area contributed by atoms with Gasteiger partial charge in [0.25, 0.3) is 0 Å². The summed E-state index contributed by atoms with van der Waals surface area (Å²) in [5, 5.41) is 6.40. The number of anilines is 3. The molecule has 0 unspecified atom stereocenters. The Kier molecular flexibility index (Phi) is 6.24. The Labute approximate surface area is 313 Å². The van der Waals surface area contributed by atoms with Crippen LogP contribution in [0, 0.1) is 0 Å². The molecule has 0 spiro atoms. The maximum Gasteiger partial charge on any atom is 0.227 e. The van der Waals surface area contributed by atoms with Gasteiger partial charge in [0.05, 0.1) is 16.4 Å². The van der Waals surface area contributed by atoms with Crippen molar-refractivity contribution in [2.45, 2.75) is 0 Å². The molecule has 12 aromatic rings. The lowest BCUT2D eigenvalue weighted by Crippen LogP contribution is -2.10. The summed E-state index contributed by atoms with van der Waals surface area (Å²) >= 11 is 0. The highest BCUT2D eigenvalue weighted by Gasteiger charge is 2.22. The molecule has 6 nitrogen and oxygen atoms in total. The molecule has 0 aliphatic heterocycles. The Morgan fingerprint density at radius 1 is 0.418 bits per heavy atom. The van der Waals surface area contributed by atoms with Crippen molar-refractivity contribution in [3.05, 3.63) is 176 Å². The van der Waals surface area contributed by atoms with Gasteiger partial charge in [-0.1, -0.05) is 78.9 Å². The molecule has 0 aliphatic carbocycles. The number of rotatable bonds is 5. The highest BCUT2D eigenvalue weighted by Crippen LogP contribution is 2.44. The summed E-state index contributed by atoms with van der Waals surface area (Å²) in [4.78, 5) is 7.19. The van der Waals surface area contributed by atoms with Crippen LogP contribution in [0.15, 0.2) is 189 Å². The molecule has 0 saturated carbocycles. The lowest BCUT2D eigenvalue weighted by Gasteiger charge is -2.26. The predicted molar refractivity (Wildman–Crippen MR) is 223 cm³/mol. The van der Waals surface area contributed by atoms with Crippen molar-refractivity contribution in [1.29, 1.82) is 0 Å². The van der Waals surface area contributed by atoms with E-state index in [-0.39, 0.29) is 0 Å². The van der Waals surface area contributed by atoms with Gasteiger partial charge in [-0.2, -0.15) is 0 Å². The van der Waals surface area contributed by atoms with E-state index in [0.29, 0.717) is 11.5 Å². The number of hydrogen-bond acceptors (Lipinski definition) is 5. The summed E-state index contributed by atoms with van der Waals surface area (Å²) in [5.74, 6) is 0.581. The van der Waals surface area contributed by atoms with Crippen LogP contribution in [0.5, 0.6) is 0 Å². The number of hydrogen-bond donors (Lipinski definition) is 0. The third-order valence-corrected chi connectivity index (χ3v) is 10.8. The normalized spacial score (nSPS) is 12.0. The first-order chi connectivity index (χ1) is 27.2. The quantitative estimate of drug-likeness (QED) is 0.178. The van der Waals surface area contributed by atoms with Crippen LogP contribution in [0.2, 0.25) is 0 Å². The van der Waals surface area contributed by atoms with Gasteiger partial charge in [-0.15, -0.1) is 0 Å². The van der Waals surface area contributed by atoms with Gasteiger partial charge in [0, 0.05) is 55.2 Å². The maximum atomic E-state index is 6.52. The standard InChI is InChI=1S/C49H29N3O3/c1-3-11-30(12-4-1)49-50-40-23-26-46-47(48(40)55-49)39-28-33(21-25-45(39)54-46)51(32-20-24-44-38(27-32)37-16-8-10-18-43(37)53-44)34-19-22-36-35-15-7-9-17-41(35)52(42(36)29-34)31-13-5-2-6-14-31/h1-29H. The first-order valence-electron chi connectivity index (χ1n) is 18.4. The molecular formula is C49H29N3O3. The molecule has 12 rings (SSSR count). The topological polar surface area (TPSA) is 60.5 Å². The molecule has 8 aromatic carbocycles. The number of benzene rings is 8. The molecule has 0 saturated heterocycles. The van der Waals surface area contributed by atoms with Crippen molar-refractivity contribution in [3.63, 3.8) is 0 Å². The fraction of sp³-hybridized carbons (Fsp3) is 0. The van der Waals surface area contributed by atoms with E-state index in [1.807, 2.05) is 54.6 Å². The Morgan fingerprint density at radius 2 is 1.02 bits per heavy atom. The summed E-state index contributed by atoms with van der Waals surface area (Å²) in [6.45, 7) is 0. The largest absolute Gasteiger partial charge is 0.456 e. The van der Waals surface area contributed by atoms with Gasteiger partial charge in [0.1, 0.15) is 27.8 Å². The first-order valence-corrected chi connectivity index (χ1v) is 18.4. The average Bonchev–Trinajstić information content (AvgIpc) is 4.01. The SMILES string of the molecule is c1ccc(-c2nc3ccc4oc5ccc(N(c6ccc7oc8ccccc8c7c6)c6ccc7c8ccccc8n(-c8ccccc8)c7c6)cc5c4c3o2)cc1. The highest BCUT2D eigenvalue weighted by atomic mass is 16.4. The smallest absolute Gasteiger partial charge is 0.227 e. The van der Waals surface area contributed by atoms with Gasteiger partial charge in [-0.3, -0.25) is 0 Å². The summed E-state index contributed by atoms with van der Waals surface area (Å²) in [6, 6.07) is 61.0. The summed E-state index contributed by atoms with van der Waals surface area (Å²) < 4.78 is 21.6. The van der Waals surface area contributed by atoms with E-state index < -0.39 is 0 Å². The van der Waals surface area contributed by atoms with Crippen LogP contribution in [0.4, 0.5) is 17.1 Å². The van der Waals surface area contributed by atoms with Crippen LogP contribution in [-0.2, 0) is 0 Å². The highest BCUT2D eigenvalue weighted by molar-refractivity contribution is 6.17. The monoisotopic (exact) mass is 707 g/mol. The van der Waals surface area contributed by atoms with Gasteiger partial charge >= 0.3 is 0 Å².